The van der Waals surface area contributed by atoms with Crippen LogP contribution in [0.15, 0.2) is 18.3 Å². The summed E-state index contributed by atoms with van der Waals surface area (Å²) in [5, 5.41) is 0. The van der Waals surface area contributed by atoms with Gasteiger partial charge in [-0.25, -0.2) is 4.98 Å². The maximum absolute atomic E-state index is 12.4. The molecule has 1 aromatic heterocycles. The number of quaternary nitrogens is 1. The smallest absolute Gasteiger partial charge is 0.334 e. The summed E-state index contributed by atoms with van der Waals surface area (Å²) in [5.41, 5.74) is -0.635. The normalized spacial score (nSPS) is 21.8. The zero-order valence-electron chi connectivity index (χ0n) is 10.3. The van der Waals surface area contributed by atoms with Gasteiger partial charge in [0.15, 0.2) is 0 Å². The van der Waals surface area contributed by atoms with Gasteiger partial charge in [-0.05, 0) is 6.07 Å². The summed E-state index contributed by atoms with van der Waals surface area (Å²) in [7, 11) is 2.14. The standard InChI is InChI=1S/C12H16F3N3/c1-17-5-2-6-18(8-7-17)11-4-3-10(9-16-11)12(13,14)15/h3-4,9H,2,5-8H2,1H3/p+2. The highest BCUT2D eigenvalue weighted by molar-refractivity contribution is 5.34. The molecule has 1 unspecified atom stereocenters. The van der Waals surface area contributed by atoms with Crippen molar-refractivity contribution in [1.82, 2.24) is 0 Å². The molecule has 1 aliphatic rings. The lowest BCUT2D eigenvalue weighted by molar-refractivity contribution is -0.876. The van der Waals surface area contributed by atoms with Crippen LogP contribution in [0.25, 0.3) is 0 Å². The van der Waals surface area contributed by atoms with Crippen molar-refractivity contribution in [3.05, 3.63) is 23.9 Å². The van der Waals surface area contributed by atoms with E-state index in [1.165, 1.54) is 11.0 Å². The van der Waals surface area contributed by atoms with Crippen molar-refractivity contribution in [2.45, 2.75) is 12.6 Å². The molecular formula is C12H18F3N3+2. The molecule has 0 saturated carbocycles. The van der Waals surface area contributed by atoms with E-state index in [0.29, 0.717) is 0 Å². The average Bonchev–Trinajstić information content (AvgIpc) is 2.53. The number of pyridine rings is 1. The maximum Gasteiger partial charge on any atom is 0.419 e. The van der Waals surface area contributed by atoms with Gasteiger partial charge in [0.05, 0.1) is 25.7 Å². The number of nitrogens with one attached hydrogen (secondary N) is 2. The van der Waals surface area contributed by atoms with Crippen molar-refractivity contribution in [2.24, 2.45) is 0 Å². The average molecular weight is 261 g/mol. The molecule has 100 valence electrons. The van der Waals surface area contributed by atoms with Gasteiger partial charge in [-0.2, -0.15) is 13.2 Å². The van der Waals surface area contributed by atoms with Crippen LogP contribution >= 0.6 is 0 Å². The Morgan fingerprint density at radius 2 is 2.00 bits per heavy atom. The van der Waals surface area contributed by atoms with Gasteiger partial charge in [0.1, 0.15) is 19.3 Å². The first-order chi connectivity index (χ1) is 8.47. The number of alkyl halides is 3. The molecule has 0 aliphatic carbocycles. The number of halogens is 3. The molecule has 1 fully saturated rings. The number of aromatic nitrogens is 1. The van der Waals surface area contributed by atoms with Gasteiger partial charge in [-0.1, -0.05) is 0 Å². The van der Waals surface area contributed by atoms with E-state index >= 15 is 0 Å². The van der Waals surface area contributed by atoms with Gasteiger partial charge in [0, 0.05) is 12.5 Å². The van der Waals surface area contributed by atoms with Crippen LogP contribution < -0.4 is 14.8 Å². The van der Waals surface area contributed by atoms with Crippen molar-refractivity contribution in [3.63, 3.8) is 0 Å². The third kappa shape index (κ3) is 3.13. The van der Waals surface area contributed by atoms with Gasteiger partial charge >= 0.3 is 6.18 Å². The van der Waals surface area contributed by atoms with E-state index in [4.69, 9.17) is 0 Å². The van der Waals surface area contributed by atoms with E-state index in [0.717, 1.165) is 50.7 Å². The number of rotatable bonds is 1. The number of anilines is 1. The molecule has 0 aromatic carbocycles. The molecule has 2 N–H and O–H groups in total. The summed E-state index contributed by atoms with van der Waals surface area (Å²) in [6, 6.07) is 2.65. The molecule has 1 aliphatic heterocycles. The monoisotopic (exact) mass is 261 g/mol. The van der Waals surface area contributed by atoms with Crippen LogP contribution in [0.5, 0.6) is 0 Å². The molecule has 1 saturated heterocycles. The van der Waals surface area contributed by atoms with Crippen molar-refractivity contribution in [2.75, 3.05) is 38.1 Å². The Morgan fingerprint density at radius 3 is 2.61 bits per heavy atom. The molecule has 3 nitrogen and oxygen atoms in total. The minimum atomic E-state index is -4.28. The molecule has 2 rings (SSSR count). The van der Waals surface area contributed by atoms with Crippen LogP contribution in [-0.4, -0.2) is 33.2 Å². The number of hydrogen-bond donors (Lipinski definition) is 1. The zero-order valence-corrected chi connectivity index (χ0v) is 10.3. The lowest BCUT2D eigenvalue weighted by Crippen LogP contribution is -3.09. The largest absolute Gasteiger partial charge is 0.419 e. The van der Waals surface area contributed by atoms with E-state index in [1.807, 2.05) is 0 Å². The van der Waals surface area contributed by atoms with Crippen molar-refractivity contribution >= 4 is 5.82 Å². The number of H-pyrrole nitrogens is 1. The number of nitrogens with zero attached hydrogens (tertiary/aromatic N) is 1. The predicted molar refractivity (Wildman–Crippen MR) is 61.5 cm³/mol. The van der Waals surface area contributed by atoms with E-state index in [1.54, 1.807) is 0 Å². The highest BCUT2D eigenvalue weighted by Crippen LogP contribution is 2.28. The molecular weight excluding hydrogens is 243 g/mol. The van der Waals surface area contributed by atoms with Crippen LogP contribution in [0, 0.1) is 0 Å². The summed E-state index contributed by atoms with van der Waals surface area (Å²) >= 11 is 0. The Labute approximate surface area is 104 Å². The molecule has 0 amide bonds. The lowest BCUT2D eigenvalue weighted by Gasteiger charge is -2.13. The first-order valence-electron chi connectivity index (χ1n) is 6.12. The second-order valence-corrected chi connectivity index (χ2v) is 4.76. The second-order valence-electron chi connectivity index (χ2n) is 4.76. The van der Waals surface area contributed by atoms with Gasteiger partial charge < -0.3 is 4.90 Å². The fourth-order valence-electron chi connectivity index (χ4n) is 2.16. The summed E-state index contributed by atoms with van der Waals surface area (Å²) < 4.78 is 37.3. The molecule has 6 heteroatoms. The lowest BCUT2D eigenvalue weighted by atomic mass is 10.2. The fraction of sp³-hybridized carbons (Fsp3) is 0.583. The van der Waals surface area contributed by atoms with E-state index in [9.17, 15) is 13.2 Å². The number of likely N-dealkylation sites (N-methyl/N-ethyl adjacent to an activating group) is 1. The maximum atomic E-state index is 12.4. The molecule has 18 heavy (non-hydrogen) atoms. The molecule has 2 heterocycles. The summed E-state index contributed by atoms with van der Waals surface area (Å²) in [6.07, 6.45) is -2.18. The third-order valence-corrected chi connectivity index (χ3v) is 3.30. The second kappa shape index (κ2) is 5.14. The summed E-state index contributed by atoms with van der Waals surface area (Å²) in [5.74, 6) is 0.762. The quantitative estimate of drug-likeness (QED) is 0.769. The van der Waals surface area contributed by atoms with Crippen LogP contribution in [0.3, 0.4) is 0 Å². The minimum absolute atomic E-state index is 0.635. The minimum Gasteiger partial charge on any atom is -0.334 e. The van der Waals surface area contributed by atoms with Gasteiger partial charge in [0.2, 0.25) is 0 Å². The van der Waals surface area contributed by atoms with E-state index in [2.05, 4.69) is 16.9 Å². The first-order valence-corrected chi connectivity index (χ1v) is 6.12. The Kier molecular flexibility index (Phi) is 3.75. The molecule has 0 spiro atoms. The fourth-order valence-corrected chi connectivity index (χ4v) is 2.16. The summed E-state index contributed by atoms with van der Waals surface area (Å²) in [4.78, 5) is 6.32. The molecule has 0 bridgehead atoms. The van der Waals surface area contributed by atoms with Crippen molar-refractivity contribution < 1.29 is 23.1 Å². The van der Waals surface area contributed by atoms with Gasteiger partial charge in [-0.3, -0.25) is 4.90 Å². The molecule has 0 radical (unpaired) electrons. The Balaban J connectivity index is 2.09. The topological polar surface area (TPSA) is 21.8 Å². The van der Waals surface area contributed by atoms with Crippen molar-refractivity contribution in [1.29, 1.82) is 0 Å². The van der Waals surface area contributed by atoms with Crippen LogP contribution in [0.2, 0.25) is 0 Å². The number of hydrogen-bond acceptors (Lipinski definition) is 1. The predicted octanol–water partition coefficient (Wildman–Crippen LogP) is 0.244. The summed E-state index contributed by atoms with van der Waals surface area (Å²) in [6.45, 7) is 3.87. The van der Waals surface area contributed by atoms with Crippen LogP contribution in [-0.2, 0) is 6.18 Å². The Morgan fingerprint density at radius 1 is 1.22 bits per heavy atom. The van der Waals surface area contributed by atoms with E-state index < -0.39 is 11.7 Å². The van der Waals surface area contributed by atoms with Gasteiger partial charge in [0.25, 0.3) is 5.82 Å². The van der Waals surface area contributed by atoms with Crippen LogP contribution in [0.4, 0.5) is 19.0 Å². The third-order valence-electron chi connectivity index (χ3n) is 3.30. The van der Waals surface area contributed by atoms with Crippen LogP contribution in [0.1, 0.15) is 12.0 Å². The Hall–Kier alpha value is -1.30. The SMILES string of the molecule is C[NH+]1CCCN(c2ccc(C(F)(F)F)c[nH+]2)CC1. The Bertz CT molecular complexity index is 389. The highest BCUT2D eigenvalue weighted by atomic mass is 19.4. The number of aromatic amines is 1. The van der Waals surface area contributed by atoms with E-state index in [-0.39, 0.29) is 0 Å². The van der Waals surface area contributed by atoms with Gasteiger partial charge in [-0.15, -0.1) is 0 Å². The molecule has 1 aromatic rings. The highest BCUT2D eigenvalue weighted by Gasteiger charge is 2.32. The zero-order chi connectivity index (χ0) is 13.2. The van der Waals surface area contributed by atoms with Crippen molar-refractivity contribution in [3.8, 4) is 0 Å². The molecule has 1 atom stereocenters. The first kappa shape index (κ1) is 13.1.